The number of hydrogen-bond donors (Lipinski definition) is 2. The highest BCUT2D eigenvalue weighted by molar-refractivity contribution is 9.10. The molecule has 0 saturated heterocycles. The van der Waals surface area contributed by atoms with Crippen molar-refractivity contribution in [1.82, 2.24) is 0 Å². The van der Waals surface area contributed by atoms with Crippen LogP contribution < -0.4 is 15.5 Å². The number of aryl methyl sites for hydroxylation is 1. The van der Waals surface area contributed by atoms with Crippen molar-refractivity contribution in [3.05, 3.63) is 56.3 Å². The van der Waals surface area contributed by atoms with Gasteiger partial charge in [-0.05, 0) is 58.6 Å². The predicted octanol–water partition coefficient (Wildman–Crippen LogP) is 4.18. The van der Waals surface area contributed by atoms with Gasteiger partial charge < -0.3 is 9.56 Å². The molecule has 0 heterocycles. The first-order valence-corrected chi connectivity index (χ1v) is 7.57. The van der Waals surface area contributed by atoms with Gasteiger partial charge in [-0.2, -0.15) is 5.90 Å². The van der Waals surface area contributed by atoms with E-state index in [9.17, 15) is 14.5 Å². The smallest absolute Gasteiger partial charge is 0.273 e. The summed E-state index contributed by atoms with van der Waals surface area (Å²) in [5.74, 6) is 4.96. The molecule has 3 N–H and O–H groups in total. The number of benzene rings is 2. The molecule has 0 aromatic heterocycles. The second-order valence-electron chi connectivity index (χ2n) is 4.29. The number of non-ortho nitro benzene ring substituents is 1. The Morgan fingerprint density at radius 1 is 1.41 bits per heavy atom. The first-order valence-electron chi connectivity index (χ1n) is 5.96. The van der Waals surface area contributed by atoms with Gasteiger partial charge in [0.25, 0.3) is 5.69 Å². The summed E-state index contributed by atoms with van der Waals surface area (Å²) in [5, 5.41) is 10.7. The monoisotopic (exact) mass is 387 g/mol. The lowest BCUT2D eigenvalue weighted by molar-refractivity contribution is -0.385. The Hall–Kier alpha value is -1.84. The summed E-state index contributed by atoms with van der Waals surface area (Å²) < 4.78 is 16.7. The van der Waals surface area contributed by atoms with Crippen molar-refractivity contribution in [2.45, 2.75) is 11.8 Å². The molecule has 2 rings (SSSR count). The topological polar surface area (TPSA) is 90.4 Å². The highest BCUT2D eigenvalue weighted by Crippen LogP contribution is 2.34. The zero-order valence-electron chi connectivity index (χ0n) is 11.3. The van der Waals surface area contributed by atoms with E-state index >= 15 is 0 Å². The highest BCUT2D eigenvalue weighted by Gasteiger charge is 2.13. The van der Waals surface area contributed by atoms with Gasteiger partial charge in [0.15, 0.2) is 5.75 Å². The maximum Gasteiger partial charge on any atom is 0.273 e. The van der Waals surface area contributed by atoms with Crippen LogP contribution in [0.2, 0.25) is 0 Å². The Labute approximate surface area is 138 Å². The summed E-state index contributed by atoms with van der Waals surface area (Å²) in [4.78, 5) is 15.4. The quantitative estimate of drug-likeness (QED) is 0.454. The lowest BCUT2D eigenvalue weighted by Crippen LogP contribution is -2.04. The van der Waals surface area contributed by atoms with E-state index in [1.54, 1.807) is 13.0 Å². The molecule has 2 aromatic rings. The lowest BCUT2D eigenvalue weighted by atomic mass is 10.2. The fourth-order valence-electron chi connectivity index (χ4n) is 1.65. The largest absolute Gasteiger partial charge is 0.410 e. The third-order valence-electron chi connectivity index (χ3n) is 2.80. The van der Waals surface area contributed by atoms with Crippen LogP contribution in [-0.4, -0.2) is 4.92 Å². The highest BCUT2D eigenvalue weighted by atomic mass is 79.9. The first kappa shape index (κ1) is 16.5. The molecule has 0 bridgehead atoms. The Balaban J connectivity index is 2.21. The SMILES string of the molecule is Cc1cc(F)c(Br)cc1NSc1ccc([N+](=O)[O-])cc1ON. The van der Waals surface area contributed by atoms with Gasteiger partial charge in [0.05, 0.1) is 20.4 Å². The van der Waals surface area contributed by atoms with Gasteiger partial charge in [0, 0.05) is 11.8 Å². The number of hydrogen-bond acceptors (Lipinski definition) is 6. The Morgan fingerprint density at radius 2 is 2.14 bits per heavy atom. The minimum atomic E-state index is -0.536. The van der Waals surface area contributed by atoms with Crippen LogP contribution in [0.4, 0.5) is 15.8 Å². The summed E-state index contributed by atoms with van der Waals surface area (Å²) in [7, 11) is 0. The van der Waals surface area contributed by atoms with Crippen LogP contribution >= 0.6 is 27.9 Å². The fourth-order valence-corrected chi connectivity index (χ4v) is 2.78. The molecule has 0 saturated carbocycles. The summed E-state index contributed by atoms with van der Waals surface area (Å²) in [6, 6.07) is 7.10. The van der Waals surface area contributed by atoms with Gasteiger partial charge in [-0.1, -0.05) is 0 Å². The minimum Gasteiger partial charge on any atom is -0.410 e. The molecule has 0 radical (unpaired) electrons. The van der Waals surface area contributed by atoms with Crippen molar-refractivity contribution in [3.8, 4) is 5.75 Å². The first-order chi connectivity index (χ1) is 10.4. The number of nitrogens with one attached hydrogen (secondary N) is 1. The van der Waals surface area contributed by atoms with E-state index in [1.165, 1.54) is 24.3 Å². The van der Waals surface area contributed by atoms with Crippen LogP contribution in [0.15, 0.2) is 39.7 Å². The predicted molar refractivity (Wildman–Crippen MR) is 86.2 cm³/mol. The van der Waals surface area contributed by atoms with Gasteiger partial charge in [-0.3, -0.25) is 10.1 Å². The Bertz CT molecular complexity index is 730. The number of nitro groups is 1. The van der Waals surface area contributed by atoms with Gasteiger partial charge in [-0.25, -0.2) is 4.39 Å². The zero-order valence-corrected chi connectivity index (χ0v) is 13.7. The van der Waals surface area contributed by atoms with E-state index in [0.29, 0.717) is 20.6 Å². The lowest BCUT2D eigenvalue weighted by Gasteiger charge is -2.11. The fraction of sp³-hybridized carbons (Fsp3) is 0.0769. The number of nitro benzene ring substituents is 1. The normalized spacial score (nSPS) is 10.4. The molecular formula is C13H11BrFN3O3S. The molecule has 0 aliphatic rings. The molecule has 0 aliphatic carbocycles. The Kier molecular flexibility index (Phi) is 5.22. The van der Waals surface area contributed by atoms with Crippen molar-refractivity contribution in [2.75, 3.05) is 4.72 Å². The van der Waals surface area contributed by atoms with E-state index in [-0.39, 0.29) is 17.3 Å². The minimum absolute atomic E-state index is 0.120. The summed E-state index contributed by atoms with van der Waals surface area (Å²) in [5.41, 5.74) is 1.29. The van der Waals surface area contributed by atoms with Crippen molar-refractivity contribution >= 4 is 39.3 Å². The molecule has 2 aromatic carbocycles. The standard InChI is InChI=1S/C13H11BrFN3O3S/c1-7-4-10(15)9(14)6-11(7)17-22-13-3-2-8(18(19)20)5-12(13)21-16/h2-6,17H,16H2,1H3. The van der Waals surface area contributed by atoms with E-state index < -0.39 is 4.92 Å². The van der Waals surface area contributed by atoms with Gasteiger partial charge >= 0.3 is 0 Å². The number of anilines is 1. The van der Waals surface area contributed by atoms with E-state index in [4.69, 9.17) is 5.90 Å². The van der Waals surface area contributed by atoms with E-state index in [1.807, 2.05) is 0 Å². The van der Waals surface area contributed by atoms with Gasteiger partial charge in [0.1, 0.15) is 5.82 Å². The molecule has 22 heavy (non-hydrogen) atoms. The van der Waals surface area contributed by atoms with E-state index in [2.05, 4.69) is 25.5 Å². The molecule has 0 unspecified atom stereocenters. The molecule has 0 spiro atoms. The molecule has 0 aliphatic heterocycles. The van der Waals surface area contributed by atoms with Crippen LogP contribution in [0.5, 0.6) is 5.75 Å². The number of nitrogens with two attached hydrogens (primary N) is 1. The molecule has 9 heteroatoms. The van der Waals surface area contributed by atoms with Gasteiger partial charge in [0.2, 0.25) is 0 Å². The second-order valence-corrected chi connectivity index (χ2v) is 5.99. The average Bonchev–Trinajstić information content (AvgIpc) is 2.49. The van der Waals surface area contributed by atoms with Crippen LogP contribution in [0.3, 0.4) is 0 Å². The molecule has 0 fully saturated rings. The molecule has 0 amide bonds. The van der Waals surface area contributed by atoms with Crippen molar-refractivity contribution in [3.63, 3.8) is 0 Å². The molecular weight excluding hydrogens is 377 g/mol. The molecule has 0 atom stereocenters. The molecule has 116 valence electrons. The maximum absolute atomic E-state index is 13.4. The number of halogens is 2. The molecule has 6 nitrogen and oxygen atoms in total. The van der Waals surface area contributed by atoms with Crippen molar-refractivity contribution in [2.24, 2.45) is 5.90 Å². The zero-order chi connectivity index (χ0) is 16.3. The average molecular weight is 388 g/mol. The summed E-state index contributed by atoms with van der Waals surface area (Å²) in [6.45, 7) is 1.76. The summed E-state index contributed by atoms with van der Waals surface area (Å²) >= 11 is 4.27. The second kappa shape index (κ2) is 6.95. The van der Waals surface area contributed by atoms with E-state index in [0.717, 1.165) is 11.9 Å². The third-order valence-corrected chi connectivity index (χ3v) is 4.29. The maximum atomic E-state index is 13.4. The number of rotatable bonds is 5. The van der Waals surface area contributed by atoms with Gasteiger partial charge in [-0.15, -0.1) is 0 Å². The summed E-state index contributed by atoms with van der Waals surface area (Å²) in [6.07, 6.45) is 0. The van der Waals surface area contributed by atoms with Crippen molar-refractivity contribution < 1.29 is 14.2 Å². The Morgan fingerprint density at radius 3 is 2.77 bits per heavy atom. The van der Waals surface area contributed by atoms with Crippen molar-refractivity contribution in [1.29, 1.82) is 0 Å². The van der Waals surface area contributed by atoms with Crippen LogP contribution in [-0.2, 0) is 0 Å². The third kappa shape index (κ3) is 3.67. The van der Waals surface area contributed by atoms with Crippen LogP contribution in [0.25, 0.3) is 0 Å². The van der Waals surface area contributed by atoms with Crippen LogP contribution in [0, 0.1) is 22.9 Å². The van der Waals surface area contributed by atoms with Crippen LogP contribution in [0.1, 0.15) is 5.56 Å². The number of nitrogens with zero attached hydrogens (tertiary/aromatic N) is 1.